The second-order valence-electron chi connectivity index (χ2n) is 6.01. The number of nitrogens with zero attached hydrogens (tertiary/aromatic N) is 2. The highest BCUT2D eigenvalue weighted by atomic mass is 16.1. The van der Waals surface area contributed by atoms with Crippen molar-refractivity contribution < 1.29 is 4.79 Å². The minimum Gasteiger partial charge on any atom is -0.398 e. The molecule has 1 aromatic carbocycles. The SMILES string of the molecule is C=C(C=O)c1cc(-c2cncc(CN3CCCC3)c2)ccc1N. The normalized spacial score (nSPS) is 14.8. The Morgan fingerprint density at radius 3 is 2.74 bits per heavy atom. The van der Waals surface area contributed by atoms with E-state index in [1.165, 1.54) is 18.4 Å². The average Bonchev–Trinajstić information content (AvgIpc) is 3.08. The van der Waals surface area contributed by atoms with Gasteiger partial charge in [0.25, 0.3) is 0 Å². The molecule has 1 aliphatic heterocycles. The number of aldehydes is 1. The van der Waals surface area contributed by atoms with Gasteiger partial charge in [-0.2, -0.15) is 0 Å². The molecule has 0 atom stereocenters. The average molecular weight is 307 g/mol. The van der Waals surface area contributed by atoms with Gasteiger partial charge < -0.3 is 5.73 Å². The first-order valence-corrected chi connectivity index (χ1v) is 7.88. The second-order valence-corrected chi connectivity index (χ2v) is 6.01. The zero-order valence-electron chi connectivity index (χ0n) is 13.2. The van der Waals surface area contributed by atoms with Crippen molar-refractivity contribution in [3.8, 4) is 11.1 Å². The van der Waals surface area contributed by atoms with E-state index in [0.717, 1.165) is 37.0 Å². The van der Waals surface area contributed by atoms with Crippen LogP contribution in [0.15, 0.2) is 43.2 Å². The summed E-state index contributed by atoms with van der Waals surface area (Å²) in [5.41, 5.74) is 10.8. The number of nitrogens with two attached hydrogens (primary N) is 1. The van der Waals surface area contributed by atoms with Gasteiger partial charge in [0.15, 0.2) is 0 Å². The van der Waals surface area contributed by atoms with Crippen LogP contribution in [-0.4, -0.2) is 29.3 Å². The highest BCUT2D eigenvalue weighted by Crippen LogP contribution is 2.27. The molecule has 23 heavy (non-hydrogen) atoms. The van der Waals surface area contributed by atoms with E-state index >= 15 is 0 Å². The number of benzene rings is 1. The topological polar surface area (TPSA) is 59.2 Å². The molecule has 0 radical (unpaired) electrons. The van der Waals surface area contributed by atoms with Crippen molar-refractivity contribution in [1.29, 1.82) is 0 Å². The molecule has 1 aromatic heterocycles. The van der Waals surface area contributed by atoms with Crippen molar-refractivity contribution in [2.75, 3.05) is 18.8 Å². The number of carbonyl (C=O) groups is 1. The van der Waals surface area contributed by atoms with Gasteiger partial charge in [0.2, 0.25) is 0 Å². The Labute approximate surface area is 136 Å². The van der Waals surface area contributed by atoms with E-state index in [2.05, 4.69) is 22.5 Å². The van der Waals surface area contributed by atoms with Crippen LogP contribution in [0.25, 0.3) is 16.7 Å². The van der Waals surface area contributed by atoms with Crippen molar-refractivity contribution in [2.24, 2.45) is 0 Å². The first-order chi connectivity index (χ1) is 11.2. The Morgan fingerprint density at radius 2 is 2.00 bits per heavy atom. The summed E-state index contributed by atoms with van der Waals surface area (Å²) in [7, 11) is 0. The van der Waals surface area contributed by atoms with Crippen LogP contribution in [-0.2, 0) is 11.3 Å². The Bertz CT molecular complexity index is 733. The van der Waals surface area contributed by atoms with Crippen molar-refractivity contribution in [2.45, 2.75) is 19.4 Å². The lowest BCUT2D eigenvalue weighted by Crippen LogP contribution is -2.18. The molecule has 0 bridgehead atoms. The largest absolute Gasteiger partial charge is 0.398 e. The Kier molecular flexibility index (Phi) is 4.53. The monoisotopic (exact) mass is 307 g/mol. The number of allylic oxidation sites excluding steroid dienone is 1. The van der Waals surface area contributed by atoms with Crippen LogP contribution in [0.3, 0.4) is 0 Å². The van der Waals surface area contributed by atoms with Gasteiger partial charge >= 0.3 is 0 Å². The van der Waals surface area contributed by atoms with Gasteiger partial charge in [-0.25, -0.2) is 0 Å². The van der Waals surface area contributed by atoms with Gasteiger partial charge in [0.1, 0.15) is 6.29 Å². The summed E-state index contributed by atoms with van der Waals surface area (Å²) in [6, 6.07) is 7.83. The third-order valence-corrected chi connectivity index (χ3v) is 4.27. The van der Waals surface area contributed by atoms with E-state index in [9.17, 15) is 4.79 Å². The first-order valence-electron chi connectivity index (χ1n) is 7.88. The minimum atomic E-state index is 0.394. The van der Waals surface area contributed by atoms with Crippen molar-refractivity contribution in [3.63, 3.8) is 0 Å². The zero-order chi connectivity index (χ0) is 16.2. The van der Waals surface area contributed by atoms with E-state index in [-0.39, 0.29) is 0 Å². The molecular weight excluding hydrogens is 286 g/mol. The van der Waals surface area contributed by atoms with Gasteiger partial charge in [-0.1, -0.05) is 12.6 Å². The third-order valence-electron chi connectivity index (χ3n) is 4.27. The summed E-state index contributed by atoms with van der Waals surface area (Å²) >= 11 is 0. The second kappa shape index (κ2) is 6.75. The molecule has 0 amide bonds. The zero-order valence-corrected chi connectivity index (χ0v) is 13.2. The summed E-state index contributed by atoms with van der Waals surface area (Å²) in [5, 5.41) is 0. The van der Waals surface area contributed by atoms with E-state index in [0.29, 0.717) is 16.8 Å². The summed E-state index contributed by atoms with van der Waals surface area (Å²) in [6.07, 6.45) is 7.05. The van der Waals surface area contributed by atoms with Gasteiger partial charge in [0.05, 0.1) is 0 Å². The lowest BCUT2D eigenvalue weighted by atomic mass is 9.99. The molecule has 1 saturated heterocycles. The van der Waals surface area contributed by atoms with Gasteiger partial charge in [-0.05, 0) is 55.3 Å². The third kappa shape index (κ3) is 3.48. The molecule has 1 aliphatic rings. The van der Waals surface area contributed by atoms with Crippen LogP contribution in [0.2, 0.25) is 0 Å². The van der Waals surface area contributed by atoms with Crippen LogP contribution in [0, 0.1) is 0 Å². The van der Waals surface area contributed by atoms with Crippen molar-refractivity contribution >= 4 is 17.5 Å². The van der Waals surface area contributed by atoms with Gasteiger partial charge in [-0.15, -0.1) is 0 Å². The minimum absolute atomic E-state index is 0.394. The standard InChI is InChI=1S/C19H21N3O/c1-14(13-23)18-9-16(4-5-19(18)20)17-8-15(10-21-11-17)12-22-6-2-3-7-22/h4-5,8-11,13H,1-3,6-7,12,20H2. The number of anilines is 1. The molecule has 0 aliphatic carbocycles. The number of likely N-dealkylation sites (tertiary alicyclic amines) is 1. The fraction of sp³-hybridized carbons (Fsp3) is 0.263. The number of hydrogen-bond donors (Lipinski definition) is 1. The highest BCUT2D eigenvalue weighted by Gasteiger charge is 2.12. The maximum Gasteiger partial charge on any atom is 0.150 e. The van der Waals surface area contributed by atoms with E-state index in [1.54, 1.807) is 0 Å². The van der Waals surface area contributed by atoms with Crippen LogP contribution in [0.1, 0.15) is 24.0 Å². The molecule has 2 N–H and O–H groups in total. The fourth-order valence-corrected chi connectivity index (χ4v) is 3.01. The molecule has 4 nitrogen and oxygen atoms in total. The van der Waals surface area contributed by atoms with E-state index in [4.69, 9.17) is 5.73 Å². The quantitative estimate of drug-likeness (QED) is 0.524. The van der Waals surface area contributed by atoms with Crippen molar-refractivity contribution in [1.82, 2.24) is 9.88 Å². The lowest BCUT2D eigenvalue weighted by molar-refractivity contribution is -0.103. The summed E-state index contributed by atoms with van der Waals surface area (Å²) in [6.45, 7) is 7.01. The van der Waals surface area contributed by atoms with Gasteiger partial charge in [-0.3, -0.25) is 14.7 Å². The smallest absolute Gasteiger partial charge is 0.150 e. The molecule has 118 valence electrons. The molecular formula is C19H21N3O. The number of nitrogen functional groups attached to an aromatic ring is 1. The number of rotatable bonds is 5. The number of carbonyl (C=O) groups excluding carboxylic acids is 1. The van der Waals surface area contributed by atoms with Crippen LogP contribution in [0.5, 0.6) is 0 Å². The molecule has 2 heterocycles. The highest BCUT2D eigenvalue weighted by molar-refractivity contribution is 6.08. The maximum absolute atomic E-state index is 11.0. The molecule has 0 spiro atoms. The van der Waals surface area contributed by atoms with E-state index < -0.39 is 0 Å². The Hall–Kier alpha value is -2.46. The summed E-state index contributed by atoms with van der Waals surface area (Å²) < 4.78 is 0. The molecule has 0 unspecified atom stereocenters. The molecule has 0 saturated carbocycles. The number of pyridine rings is 1. The predicted octanol–water partition coefficient (Wildman–Crippen LogP) is 3.14. The number of aromatic nitrogens is 1. The first kappa shape index (κ1) is 15.4. The molecule has 3 rings (SSSR count). The Balaban J connectivity index is 1.89. The van der Waals surface area contributed by atoms with Crippen LogP contribution < -0.4 is 5.73 Å². The maximum atomic E-state index is 11.0. The summed E-state index contributed by atoms with van der Waals surface area (Å²) in [4.78, 5) is 17.8. The predicted molar refractivity (Wildman–Crippen MR) is 93.7 cm³/mol. The van der Waals surface area contributed by atoms with Crippen LogP contribution >= 0.6 is 0 Å². The van der Waals surface area contributed by atoms with Crippen LogP contribution in [0.4, 0.5) is 5.69 Å². The molecule has 1 fully saturated rings. The summed E-state index contributed by atoms with van der Waals surface area (Å²) in [5.74, 6) is 0. The molecule has 4 heteroatoms. The van der Waals surface area contributed by atoms with Gasteiger partial charge in [0, 0.05) is 41.3 Å². The number of hydrogen-bond acceptors (Lipinski definition) is 4. The fourth-order valence-electron chi connectivity index (χ4n) is 3.01. The lowest BCUT2D eigenvalue weighted by Gasteiger charge is -2.15. The van der Waals surface area contributed by atoms with E-state index in [1.807, 2.05) is 30.6 Å². The van der Waals surface area contributed by atoms with Crippen molar-refractivity contribution in [3.05, 3.63) is 54.4 Å². The molecule has 2 aromatic rings. The Morgan fingerprint density at radius 1 is 1.22 bits per heavy atom.